The van der Waals surface area contributed by atoms with Crippen molar-refractivity contribution in [2.45, 2.75) is 33.6 Å². The van der Waals surface area contributed by atoms with Crippen LogP contribution in [0.4, 0.5) is 0 Å². The minimum atomic E-state index is -0.997. The molecule has 0 saturated carbocycles. The molecule has 0 spiro atoms. The average Bonchev–Trinajstić information content (AvgIpc) is 2.34. The van der Waals surface area contributed by atoms with Crippen molar-refractivity contribution in [3.63, 3.8) is 0 Å². The van der Waals surface area contributed by atoms with Gasteiger partial charge in [0.05, 0.1) is 5.56 Å². The lowest BCUT2D eigenvalue weighted by Gasteiger charge is -2.18. The van der Waals surface area contributed by atoms with Crippen molar-refractivity contribution in [1.29, 1.82) is 0 Å². The van der Waals surface area contributed by atoms with Crippen molar-refractivity contribution >= 4 is 11.9 Å². The molecule has 19 heavy (non-hydrogen) atoms. The molecule has 0 aliphatic heterocycles. The first-order valence-electron chi connectivity index (χ1n) is 6.48. The number of amides is 1. The predicted molar refractivity (Wildman–Crippen MR) is 74.7 cm³/mol. The zero-order chi connectivity index (χ0) is 14.6. The van der Waals surface area contributed by atoms with Crippen LogP contribution in [0.3, 0.4) is 0 Å². The van der Waals surface area contributed by atoms with Gasteiger partial charge in [0.1, 0.15) is 0 Å². The molecule has 1 aromatic carbocycles. The third-order valence-corrected chi connectivity index (χ3v) is 3.23. The van der Waals surface area contributed by atoms with Gasteiger partial charge in [-0.2, -0.15) is 0 Å². The fourth-order valence-electron chi connectivity index (χ4n) is 2.02. The Labute approximate surface area is 114 Å². The average molecular weight is 263 g/mol. The van der Waals surface area contributed by atoms with Crippen LogP contribution in [0.1, 0.15) is 51.6 Å². The van der Waals surface area contributed by atoms with E-state index in [0.29, 0.717) is 17.7 Å². The zero-order valence-corrected chi connectivity index (χ0v) is 12.0. The Kier molecular flexibility index (Phi) is 5.10. The molecule has 0 fully saturated rings. The van der Waals surface area contributed by atoms with Crippen molar-refractivity contribution in [2.75, 3.05) is 13.6 Å². The van der Waals surface area contributed by atoms with Gasteiger partial charge in [-0.25, -0.2) is 4.79 Å². The van der Waals surface area contributed by atoms with Gasteiger partial charge >= 0.3 is 5.97 Å². The molecule has 0 aromatic heterocycles. The Morgan fingerprint density at radius 3 is 2.26 bits per heavy atom. The van der Waals surface area contributed by atoms with Gasteiger partial charge in [0.15, 0.2) is 0 Å². The lowest BCUT2D eigenvalue weighted by molar-refractivity contribution is 0.0696. The molecule has 4 nitrogen and oxygen atoms in total. The molecule has 4 heteroatoms. The molecule has 0 aliphatic carbocycles. The maximum absolute atomic E-state index is 12.3. The fraction of sp³-hybridized carbons (Fsp3) is 0.467. The first kappa shape index (κ1) is 15.2. The van der Waals surface area contributed by atoms with Crippen molar-refractivity contribution < 1.29 is 14.7 Å². The number of aromatic carboxylic acids is 1. The Hall–Kier alpha value is -1.84. The number of hydrogen-bond acceptors (Lipinski definition) is 2. The van der Waals surface area contributed by atoms with Gasteiger partial charge in [0, 0.05) is 19.2 Å². The summed E-state index contributed by atoms with van der Waals surface area (Å²) < 4.78 is 0. The molecule has 0 radical (unpaired) electrons. The highest BCUT2D eigenvalue weighted by Gasteiger charge is 2.17. The van der Waals surface area contributed by atoms with Crippen molar-refractivity contribution in [3.8, 4) is 0 Å². The molecule has 0 bridgehead atoms. The maximum atomic E-state index is 12.3. The summed E-state index contributed by atoms with van der Waals surface area (Å²) in [6.45, 7) is 6.33. The maximum Gasteiger partial charge on any atom is 0.335 e. The molecule has 0 heterocycles. The van der Waals surface area contributed by atoms with E-state index in [1.807, 2.05) is 6.92 Å². The first-order chi connectivity index (χ1) is 8.88. The lowest BCUT2D eigenvalue weighted by Crippen LogP contribution is -2.28. The number of aryl methyl sites for hydroxylation is 2. The largest absolute Gasteiger partial charge is 0.478 e. The van der Waals surface area contributed by atoms with Crippen LogP contribution in [0.25, 0.3) is 0 Å². The number of carbonyl (C=O) groups excluding carboxylic acids is 1. The molecule has 0 atom stereocenters. The summed E-state index contributed by atoms with van der Waals surface area (Å²) in [5.41, 5.74) is 2.16. The summed E-state index contributed by atoms with van der Waals surface area (Å²) in [4.78, 5) is 25.1. The van der Waals surface area contributed by atoms with Gasteiger partial charge in [-0.05, 0) is 37.5 Å². The summed E-state index contributed by atoms with van der Waals surface area (Å²) >= 11 is 0. The van der Waals surface area contributed by atoms with E-state index < -0.39 is 5.97 Å². The van der Waals surface area contributed by atoms with E-state index in [4.69, 9.17) is 5.11 Å². The van der Waals surface area contributed by atoms with Crippen LogP contribution in [0, 0.1) is 13.8 Å². The monoisotopic (exact) mass is 263 g/mol. The fourth-order valence-corrected chi connectivity index (χ4v) is 2.02. The molecule has 1 amide bonds. The van der Waals surface area contributed by atoms with Gasteiger partial charge < -0.3 is 10.0 Å². The third kappa shape index (κ3) is 3.56. The topological polar surface area (TPSA) is 57.6 Å². The zero-order valence-electron chi connectivity index (χ0n) is 12.0. The van der Waals surface area contributed by atoms with E-state index in [0.717, 1.165) is 18.4 Å². The Balaban J connectivity index is 3.09. The van der Waals surface area contributed by atoms with E-state index in [1.165, 1.54) is 6.07 Å². The van der Waals surface area contributed by atoms with E-state index in [2.05, 4.69) is 6.92 Å². The van der Waals surface area contributed by atoms with E-state index in [-0.39, 0.29) is 11.5 Å². The molecular weight excluding hydrogens is 242 g/mol. The third-order valence-electron chi connectivity index (χ3n) is 3.23. The Morgan fingerprint density at radius 1 is 1.16 bits per heavy atom. The number of carboxylic acids is 1. The molecule has 1 N–H and O–H groups in total. The normalized spacial score (nSPS) is 10.3. The Morgan fingerprint density at radius 2 is 1.74 bits per heavy atom. The quantitative estimate of drug-likeness (QED) is 0.888. The van der Waals surface area contributed by atoms with E-state index >= 15 is 0 Å². The number of unbranched alkanes of at least 4 members (excludes halogenated alkanes) is 1. The number of nitrogens with zero attached hydrogens (tertiary/aromatic N) is 1. The van der Waals surface area contributed by atoms with Crippen molar-refractivity contribution in [1.82, 2.24) is 4.90 Å². The van der Waals surface area contributed by atoms with Crippen molar-refractivity contribution in [3.05, 3.63) is 34.4 Å². The molecule has 104 valence electrons. The van der Waals surface area contributed by atoms with Crippen LogP contribution in [-0.4, -0.2) is 35.5 Å². The van der Waals surface area contributed by atoms with Gasteiger partial charge in [-0.3, -0.25) is 4.79 Å². The van der Waals surface area contributed by atoms with Crippen LogP contribution in [0.15, 0.2) is 12.1 Å². The number of hydrogen-bond donors (Lipinski definition) is 1. The molecule has 0 unspecified atom stereocenters. The van der Waals surface area contributed by atoms with Crippen molar-refractivity contribution in [2.24, 2.45) is 0 Å². The summed E-state index contributed by atoms with van der Waals surface area (Å²) in [6.07, 6.45) is 1.96. The summed E-state index contributed by atoms with van der Waals surface area (Å²) in [5.74, 6) is -1.11. The van der Waals surface area contributed by atoms with Crippen LogP contribution in [0.5, 0.6) is 0 Å². The summed E-state index contributed by atoms with van der Waals surface area (Å²) in [7, 11) is 1.75. The van der Waals surface area contributed by atoms with Gasteiger partial charge in [0.25, 0.3) is 5.91 Å². The van der Waals surface area contributed by atoms with Gasteiger partial charge in [-0.1, -0.05) is 19.4 Å². The Bertz CT molecular complexity index is 494. The highest BCUT2D eigenvalue weighted by Crippen LogP contribution is 2.18. The summed E-state index contributed by atoms with van der Waals surface area (Å²) in [6, 6.07) is 3.24. The second kappa shape index (κ2) is 6.36. The first-order valence-corrected chi connectivity index (χ1v) is 6.48. The van der Waals surface area contributed by atoms with Gasteiger partial charge in [-0.15, -0.1) is 0 Å². The lowest BCUT2D eigenvalue weighted by atomic mass is 9.99. The molecule has 0 saturated heterocycles. The van der Waals surface area contributed by atoms with Crippen LogP contribution in [-0.2, 0) is 0 Å². The SMILES string of the molecule is CCCCN(C)C(=O)c1cc(C(=O)O)c(C)cc1C. The number of carbonyl (C=O) groups is 2. The molecule has 1 rings (SSSR count). The second-order valence-electron chi connectivity index (χ2n) is 4.87. The highest BCUT2D eigenvalue weighted by atomic mass is 16.4. The second-order valence-corrected chi connectivity index (χ2v) is 4.87. The van der Waals surface area contributed by atoms with E-state index in [1.54, 1.807) is 24.9 Å². The molecule has 1 aromatic rings. The summed E-state index contributed by atoms with van der Waals surface area (Å²) in [5, 5.41) is 9.12. The predicted octanol–water partition coefficient (Wildman–Crippen LogP) is 2.87. The molecule has 0 aliphatic rings. The highest BCUT2D eigenvalue weighted by molar-refractivity contribution is 5.99. The smallest absolute Gasteiger partial charge is 0.335 e. The number of benzene rings is 1. The number of rotatable bonds is 5. The minimum Gasteiger partial charge on any atom is -0.478 e. The van der Waals surface area contributed by atoms with Crippen LogP contribution < -0.4 is 0 Å². The van der Waals surface area contributed by atoms with E-state index in [9.17, 15) is 9.59 Å². The molecular formula is C15H21NO3. The van der Waals surface area contributed by atoms with Crippen LogP contribution >= 0.6 is 0 Å². The van der Waals surface area contributed by atoms with Gasteiger partial charge in [0.2, 0.25) is 0 Å². The number of carboxylic acid groups (broad SMARTS) is 1. The van der Waals surface area contributed by atoms with Crippen LogP contribution in [0.2, 0.25) is 0 Å². The standard InChI is InChI=1S/C15H21NO3/c1-5-6-7-16(4)14(17)12-9-13(15(18)19)11(3)8-10(12)2/h8-9H,5-7H2,1-4H3,(H,18,19). The minimum absolute atomic E-state index is 0.117.